The summed E-state index contributed by atoms with van der Waals surface area (Å²) in [6.07, 6.45) is 2.69. The number of para-hydroxylation sites is 1. The van der Waals surface area contributed by atoms with E-state index in [0.29, 0.717) is 26.1 Å². The molecule has 27 heavy (non-hydrogen) atoms. The van der Waals surface area contributed by atoms with E-state index >= 15 is 0 Å². The van der Waals surface area contributed by atoms with Crippen molar-refractivity contribution in [2.75, 3.05) is 45.8 Å². The van der Waals surface area contributed by atoms with Gasteiger partial charge in [-0.2, -0.15) is 0 Å². The van der Waals surface area contributed by atoms with E-state index in [9.17, 15) is 9.59 Å². The summed E-state index contributed by atoms with van der Waals surface area (Å²) < 4.78 is 0. The molecule has 0 unspecified atom stereocenters. The Hall–Kier alpha value is -2.34. The van der Waals surface area contributed by atoms with E-state index in [4.69, 9.17) is 0 Å². The van der Waals surface area contributed by atoms with Crippen molar-refractivity contribution >= 4 is 22.7 Å². The van der Waals surface area contributed by atoms with Crippen LogP contribution in [0.15, 0.2) is 24.3 Å². The number of amides is 2. The average molecular weight is 368 g/mol. The van der Waals surface area contributed by atoms with Crippen molar-refractivity contribution in [1.82, 2.24) is 19.7 Å². The number of piperazine rings is 1. The van der Waals surface area contributed by atoms with Gasteiger partial charge in [-0.3, -0.25) is 14.5 Å². The smallest absolute Gasteiger partial charge is 0.236 e. The van der Waals surface area contributed by atoms with E-state index in [0.717, 1.165) is 61.2 Å². The fourth-order valence-electron chi connectivity index (χ4n) is 4.24. The van der Waals surface area contributed by atoms with E-state index in [1.807, 2.05) is 34.9 Å². The Morgan fingerprint density at radius 3 is 2.33 bits per heavy atom. The number of H-pyrrole nitrogens is 1. The number of benzene rings is 1. The Labute approximate surface area is 160 Å². The molecule has 0 bridgehead atoms. The third-order valence-corrected chi connectivity index (χ3v) is 5.90. The molecule has 3 heterocycles. The Bertz CT molecular complexity index is 830. The molecular weight excluding hydrogens is 340 g/mol. The molecule has 1 aromatic heterocycles. The Balaban J connectivity index is 1.32. The molecule has 144 valence electrons. The minimum Gasteiger partial charge on any atom is -0.358 e. The molecule has 0 radical (unpaired) electrons. The molecule has 2 fully saturated rings. The maximum absolute atomic E-state index is 12.8. The van der Waals surface area contributed by atoms with Crippen LogP contribution >= 0.6 is 0 Å². The number of aromatic amines is 1. The number of carbonyl (C=O) groups is 2. The van der Waals surface area contributed by atoms with Crippen LogP contribution in [-0.4, -0.2) is 77.3 Å². The summed E-state index contributed by atoms with van der Waals surface area (Å²) in [6.45, 7) is 7.29. The van der Waals surface area contributed by atoms with Gasteiger partial charge in [0.25, 0.3) is 0 Å². The molecular formula is C21H28N4O2. The van der Waals surface area contributed by atoms with Crippen molar-refractivity contribution in [1.29, 1.82) is 0 Å². The van der Waals surface area contributed by atoms with Gasteiger partial charge in [0.2, 0.25) is 11.8 Å². The van der Waals surface area contributed by atoms with Crippen LogP contribution in [0.3, 0.4) is 0 Å². The predicted molar refractivity (Wildman–Crippen MR) is 106 cm³/mol. The molecule has 4 rings (SSSR count). The summed E-state index contributed by atoms with van der Waals surface area (Å²) in [4.78, 5) is 34.6. The van der Waals surface area contributed by atoms with Gasteiger partial charge in [-0.15, -0.1) is 0 Å². The number of hydrogen-bond acceptors (Lipinski definition) is 3. The van der Waals surface area contributed by atoms with Crippen molar-refractivity contribution in [3.63, 3.8) is 0 Å². The average Bonchev–Trinajstić information content (AvgIpc) is 3.31. The summed E-state index contributed by atoms with van der Waals surface area (Å²) in [7, 11) is 0. The lowest BCUT2D eigenvalue weighted by molar-refractivity contribution is -0.134. The highest BCUT2D eigenvalue weighted by Gasteiger charge is 2.26. The first-order valence-corrected chi connectivity index (χ1v) is 9.96. The van der Waals surface area contributed by atoms with Crippen LogP contribution in [0.5, 0.6) is 0 Å². The van der Waals surface area contributed by atoms with Gasteiger partial charge in [-0.05, 0) is 31.4 Å². The highest BCUT2D eigenvalue weighted by atomic mass is 16.2. The predicted octanol–water partition coefficient (Wildman–Crippen LogP) is 1.79. The summed E-state index contributed by atoms with van der Waals surface area (Å²) in [6, 6.07) is 8.14. The van der Waals surface area contributed by atoms with Gasteiger partial charge in [-0.25, -0.2) is 0 Å². The van der Waals surface area contributed by atoms with Crippen molar-refractivity contribution in [2.24, 2.45) is 0 Å². The first-order valence-electron chi connectivity index (χ1n) is 9.96. The second-order valence-electron chi connectivity index (χ2n) is 7.70. The SMILES string of the molecule is Cc1[nH]c2ccccc2c1CC(=O)N1CCN(CC(=O)N2CCCC2)CC1. The van der Waals surface area contributed by atoms with Crippen LogP contribution in [-0.2, 0) is 16.0 Å². The minimum absolute atomic E-state index is 0.174. The number of rotatable bonds is 4. The number of nitrogens with one attached hydrogen (secondary N) is 1. The van der Waals surface area contributed by atoms with Crippen molar-refractivity contribution < 1.29 is 9.59 Å². The third kappa shape index (κ3) is 3.86. The molecule has 2 saturated heterocycles. The zero-order valence-electron chi connectivity index (χ0n) is 16.0. The molecule has 2 aliphatic rings. The quantitative estimate of drug-likeness (QED) is 0.895. The van der Waals surface area contributed by atoms with E-state index in [2.05, 4.69) is 16.0 Å². The lowest BCUT2D eigenvalue weighted by atomic mass is 10.1. The van der Waals surface area contributed by atoms with Gasteiger partial charge in [0.15, 0.2) is 0 Å². The largest absolute Gasteiger partial charge is 0.358 e. The fourth-order valence-corrected chi connectivity index (χ4v) is 4.24. The summed E-state index contributed by atoms with van der Waals surface area (Å²) >= 11 is 0. The number of carbonyl (C=O) groups excluding carboxylic acids is 2. The van der Waals surface area contributed by atoms with Gasteiger partial charge in [0, 0.05) is 55.9 Å². The van der Waals surface area contributed by atoms with Crippen LogP contribution in [0.1, 0.15) is 24.1 Å². The van der Waals surface area contributed by atoms with E-state index in [1.165, 1.54) is 0 Å². The van der Waals surface area contributed by atoms with Gasteiger partial charge >= 0.3 is 0 Å². The first kappa shape index (κ1) is 18.0. The molecule has 0 aliphatic carbocycles. The van der Waals surface area contributed by atoms with Crippen molar-refractivity contribution in [3.05, 3.63) is 35.5 Å². The number of aromatic nitrogens is 1. The Kier molecular flexibility index (Phi) is 5.16. The van der Waals surface area contributed by atoms with Gasteiger partial charge < -0.3 is 14.8 Å². The molecule has 6 heteroatoms. The van der Waals surface area contributed by atoms with Gasteiger partial charge in [-0.1, -0.05) is 18.2 Å². The van der Waals surface area contributed by atoms with Crippen LogP contribution in [0.4, 0.5) is 0 Å². The monoisotopic (exact) mass is 368 g/mol. The molecule has 2 aromatic rings. The van der Waals surface area contributed by atoms with Crippen molar-refractivity contribution in [3.8, 4) is 0 Å². The minimum atomic E-state index is 0.174. The fraction of sp³-hybridized carbons (Fsp3) is 0.524. The van der Waals surface area contributed by atoms with Crippen LogP contribution in [0, 0.1) is 6.92 Å². The molecule has 1 N–H and O–H groups in total. The lowest BCUT2D eigenvalue weighted by Gasteiger charge is -2.35. The summed E-state index contributed by atoms with van der Waals surface area (Å²) in [5, 5.41) is 1.14. The standard InChI is InChI=1S/C21H28N4O2/c1-16-18(17-6-2-3-7-19(17)22-16)14-20(26)25-12-10-23(11-13-25)15-21(27)24-8-4-5-9-24/h2-3,6-7,22H,4-5,8-15H2,1H3. The van der Waals surface area contributed by atoms with E-state index in [-0.39, 0.29) is 11.8 Å². The molecule has 6 nitrogen and oxygen atoms in total. The Morgan fingerprint density at radius 1 is 0.926 bits per heavy atom. The molecule has 2 aliphatic heterocycles. The maximum Gasteiger partial charge on any atom is 0.236 e. The number of hydrogen-bond donors (Lipinski definition) is 1. The third-order valence-electron chi connectivity index (χ3n) is 5.90. The van der Waals surface area contributed by atoms with Gasteiger partial charge in [0.05, 0.1) is 13.0 Å². The Morgan fingerprint density at radius 2 is 1.59 bits per heavy atom. The lowest BCUT2D eigenvalue weighted by Crippen LogP contribution is -2.51. The van der Waals surface area contributed by atoms with Gasteiger partial charge in [0.1, 0.15) is 0 Å². The highest BCUT2D eigenvalue weighted by Crippen LogP contribution is 2.23. The normalized spacial score (nSPS) is 18.4. The zero-order chi connectivity index (χ0) is 18.8. The number of likely N-dealkylation sites (tertiary alicyclic amines) is 1. The number of aryl methyl sites for hydroxylation is 1. The zero-order valence-corrected chi connectivity index (χ0v) is 16.0. The molecule has 1 aromatic carbocycles. The van der Waals surface area contributed by atoms with Crippen LogP contribution < -0.4 is 0 Å². The van der Waals surface area contributed by atoms with Crippen LogP contribution in [0.2, 0.25) is 0 Å². The maximum atomic E-state index is 12.8. The second-order valence-corrected chi connectivity index (χ2v) is 7.70. The van der Waals surface area contributed by atoms with Crippen LogP contribution in [0.25, 0.3) is 10.9 Å². The van der Waals surface area contributed by atoms with Crippen molar-refractivity contribution in [2.45, 2.75) is 26.2 Å². The highest BCUT2D eigenvalue weighted by molar-refractivity contribution is 5.90. The summed E-state index contributed by atoms with van der Waals surface area (Å²) in [5.41, 5.74) is 3.25. The molecule has 0 saturated carbocycles. The van der Waals surface area contributed by atoms with E-state index < -0.39 is 0 Å². The molecule has 0 spiro atoms. The number of nitrogens with zero attached hydrogens (tertiary/aromatic N) is 3. The number of fused-ring (bicyclic) bond motifs is 1. The molecule has 2 amide bonds. The second kappa shape index (κ2) is 7.72. The first-order chi connectivity index (χ1) is 13.1. The van der Waals surface area contributed by atoms with E-state index in [1.54, 1.807) is 0 Å². The topological polar surface area (TPSA) is 59.7 Å². The summed E-state index contributed by atoms with van der Waals surface area (Å²) in [5.74, 6) is 0.412. The molecule has 0 atom stereocenters.